The second-order valence-corrected chi connectivity index (χ2v) is 7.77. The van der Waals surface area contributed by atoms with E-state index >= 15 is 0 Å². The van der Waals surface area contributed by atoms with Crippen LogP contribution in [-0.4, -0.2) is 13.0 Å². The summed E-state index contributed by atoms with van der Waals surface area (Å²) in [5.74, 6) is 0.445. The Morgan fingerprint density at radius 3 is 2.55 bits per heavy atom. The van der Waals surface area contributed by atoms with Crippen LogP contribution in [0.15, 0.2) is 77.4 Å². The van der Waals surface area contributed by atoms with Crippen molar-refractivity contribution in [1.29, 1.82) is 0 Å². The first-order valence-electron chi connectivity index (χ1n) is 9.86. The summed E-state index contributed by atoms with van der Waals surface area (Å²) in [5.41, 5.74) is 6.07. The van der Waals surface area contributed by atoms with Gasteiger partial charge in [0.05, 0.1) is 13.4 Å². The fraction of sp³-hybridized carbons (Fsp3) is 0.115. The second kappa shape index (κ2) is 8.70. The van der Waals surface area contributed by atoms with E-state index in [4.69, 9.17) is 20.8 Å². The maximum atomic E-state index is 12.6. The smallest absolute Gasteiger partial charge is 0.248 e. The Hall–Kier alpha value is -3.50. The maximum Gasteiger partial charge on any atom is 0.248 e. The molecule has 156 valence electrons. The van der Waals surface area contributed by atoms with Crippen LogP contribution in [-0.2, 0) is 4.79 Å². The topological polar surface area (TPSA) is 51.5 Å². The zero-order valence-electron chi connectivity index (χ0n) is 17.5. The molecule has 0 unspecified atom stereocenters. The van der Waals surface area contributed by atoms with Crippen molar-refractivity contribution in [1.82, 2.24) is 0 Å². The first kappa shape index (κ1) is 20.8. The molecule has 0 aliphatic heterocycles. The molecule has 1 aromatic heterocycles. The first-order chi connectivity index (χ1) is 15.0. The SMILES string of the molecule is COc1cc2occ(-c3ccc(Cl)cc3)c2cc1/C(C)=C/C(=O)Nc1ccccc1C. The molecule has 1 amide bonds. The molecule has 0 radical (unpaired) electrons. The lowest BCUT2D eigenvalue weighted by molar-refractivity contribution is -0.111. The molecule has 31 heavy (non-hydrogen) atoms. The van der Waals surface area contributed by atoms with E-state index in [2.05, 4.69) is 5.32 Å². The third kappa shape index (κ3) is 4.35. The number of benzene rings is 3. The third-order valence-electron chi connectivity index (χ3n) is 5.23. The number of furan rings is 1. The molecular weight excluding hydrogens is 410 g/mol. The number of carbonyl (C=O) groups is 1. The van der Waals surface area contributed by atoms with Gasteiger partial charge in [0, 0.05) is 39.4 Å². The minimum absolute atomic E-state index is 0.195. The minimum atomic E-state index is -0.195. The van der Waals surface area contributed by atoms with E-state index in [9.17, 15) is 4.79 Å². The van der Waals surface area contributed by atoms with Crippen LogP contribution in [0.5, 0.6) is 5.75 Å². The van der Waals surface area contributed by atoms with Gasteiger partial charge in [0.25, 0.3) is 0 Å². The normalized spacial score (nSPS) is 11.5. The molecule has 4 aromatic rings. The number of carbonyl (C=O) groups excluding carboxylic acids is 1. The maximum absolute atomic E-state index is 12.6. The van der Waals surface area contributed by atoms with Gasteiger partial charge >= 0.3 is 0 Å². The van der Waals surface area contributed by atoms with Crippen molar-refractivity contribution in [3.8, 4) is 16.9 Å². The Morgan fingerprint density at radius 2 is 1.84 bits per heavy atom. The number of fused-ring (bicyclic) bond motifs is 1. The number of nitrogens with one attached hydrogen (secondary N) is 1. The van der Waals surface area contributed by atoms with Gasteiger partial charge in [0.2, 0.25) is 5.91 Å². The number of methoxy groups -OCH3 is 1. The fourth-order valence-corrected chi connectivity index (χ4v) is 3.67. The van der Waals surface area contributed by atoms with E-state index in [0.29, 0.717) is 16.4 Å². The summed E-state index contributed by atoms with van der Waals surface area (Å²) in [6, 6.07) is 19.1. The highest BCUT2D eigenvalue weighted by atomic mass is 35.5. The van der Waals surface area contributed by atoms with Gasteiger partial charge in [-0.15, -0.1) is 0 Å². The quantitative estimate of drug-likeness (QED) is 0.342. The number of aryl methyl sites for hydroxylation is 1. The van der Waals surface area contributed by atoms with Gasteiger partial charge in [-0.1, -0.05) is 41.9 Å². The second-order valence-electron chi connectivity index (χ2n) is 7.34. The Kier molecular flexibility index (Phi) is 5.83. The summed E-state index contributed by atoms with van der Waals surface area (Å²) < 4.78 is 11.3. The van der Waals surface area contributed by atoms with Crippen LogP contribution >= 0.6 is 11.6 Å². The molecule has 4 nitrogen and oxygen atoms in total. The molecule has 0 bridgehead atoms. The minimum Gasteiger partial charge on any atom is -0.496 e. The number of allylic oxidation sites excluding steroid dienone is 1. The lowest BCUT2D eigenvalue weighted by Crippen LogP contribution is -2.09. The molecule has 0 aliphatic carbocycles. The van der Waals surface area contributed by atoms with Crippen LogP contribution in [0.25, 0.3) is 27.7 Å². The van der Waals surface area contributed by atoms with Crippen LogP contribution in [0, 0.1) is 6.92 Å². The molecule has 0 fully saturated rings. The van der Waals surface area contributed by atoms with Gasteiger partial charge in [-0.25, -0.2) is 0 Å². The number of amides is 1. The Bertz CT molecular complexity index is 1290. The van der Waals surface area contributed by atoms with Crippen molar-refractivity contribution < 1.29 is 13.9 Å². The highest BCUT2D eigenvalue weighted by molar-refractivity contribution is 6.30. The summed E-state index contributed by atoms with van der Waals surface area (Å²) in [6.07, 6.45) is 3.30. The molecule has 0 spiro atoms. The summed E-state index contributed by atoms with van der Waals surface area (Å²) in [5, 5.41) is 4.55. The van der Waals surface area contributed by atoms with Crippen molar-refractivity contribution >= 4 is 39.7 Å². The van der Waals surface area contributed by atoms with Gasteiger partial charge in [-0.05, 0) is 54.8 Å². The average molecular weight is 432 g/mol. The van der Waals surface area contributed by atoms with Crippen molar-refractivity contribution in [2.45, 2.75) is 13.8 Å². The van der Waals surface area contributed by atoms with Gasteiger partial charge in [0.1, 0.15) is 11.3 Å². The number of hydrogen-bond acceptors (Lipinski definition) is 3. The summed E-state index contributed by atoms with van der Waals surface area (Å²) in [4.78, 5) is 12.6. The highest BCUT2D eigenvalue weighted by Gasteiger charge is 2.15. The molecule has 0 atom stereocenters. The Morgan fingerprint density at radius 1 is 1.10 bits per heavy atom. The summed E-state index contributed by atoms with van der Waals surface area (Å²) in [6.45, 7) is 3.85. The standard InChI is InChI=1S/C26H22ClNO3/c1-16-6-4-5-7-23(16)28-26(29)12-17(2)20-13-21-22(18-8-10-19(27)11-9-18)15-31-25(21)14-24(20)30-3/h4-15H,1-3H3,(H,28,29)/b17-12+. The van der Waals surface area contributed by atoms with E-state index in [0.717, 1.165) is 38.9 Å². The lowest BCUT2D eigenvalue weighted by Gasteiger charge is -2.11. The number of halogens is 1. The number of anilines is 1. The van der Waals surface area contributed by atoms with E-state index in [1.165, 1.54) is 0 Å². The fourth-order valence-electron chi connectivity index (χ4n) is 3.54. The molecule has 3 aromatic carbocycles. The Balaban J connectivity index is 1.72. The van der Waals surface area contributed by atoms with Gasteiger partial charge in [-0.2, -0.15) is 0 Å². The number of hydrogen-bond donors (Lipinski definition) is 1. The van der Waals surface area contributed by atoms with E-state index in [1.807, 2.05) is 74.5 Å². The summed E-state index contributed by atoms with van der Waals surface area (Å²) >= 11 is 6.03. The lowest BCUT2D eigenvalue weighted by atomic mass is 9.99. The highest BCUT2D eigenvalue weighted by Crippen LogP contribution is 2.37. The first-order valence-corrected chi connectivity index (χ1v) is 10.2. The number of rotatable bonds is 5. The molecule has 0 aliphatic rings. The van der Waals surface area contributed by atoms with E-state index in [1.54, 1.807) is 19.4 Å². The largest absolute Gasteiger partial charge is 0.496 e. The van der Waals surface area contributed by atoms with Gasteiger partial charge in [0.15, 0.2) is 0 Å². The van der Waals surface area contributed by atoms with Crippen LogP contribution < -0.4 is 10.1 Å². The van der Waals surface area contributed by atoms with Crippen molar-refractivity contribution in [2.75, 3.05) is 12.4 Å². The van der Waals surface area contributed by atoms with E-state index in [-0.39, 0.29) is 5.91 Å². The van der Waals surface area contributed by atoms with Crippen LogP contribution in [0.4, 0.5) is 5.69 Å². The van der Waals surface area contributed by atoms with Crippen molar-refractivity contribution in [2.24, 2.45) is 0 Å². The van der Waals surface area contributed by atoms with Crippen LogP contribution in [0.3, 0.4) is 0 Å². The molecule has 1 N–H and O–H groups in total. The molecule has 0 saturated heterocycles. The molecule has 5 heteroatoms. The van der Waals surface area contributed by atoms with Crippen LogP contribution in [0.2, 0.25) is 5.02 Å². The number of ether oxygens (including phenoxy) is 1. The van der Waals surface area contributed by atoms with Crippen LogP contribution in [0.1, 0.15) is 18.1 Å². The average Bonchev–Trinajstić information content (AvgIpc) is 3.17. The molecule has 1 heterocycles. The van der Waals surface area contributed by atoms with E-state index < -0.39 is 0 Å². The molecule has 0 saturated carbocycles. The van der Waals surface area contributed by atoms with Gasteiger partial charge in [-0.3, -0.25) is 4.79 Å². The zero-order valence-corrected chi connectivity index (χ0v) is 18.3. The molecular formula is C26H22ClNO3. The van der Waals surface area contributed by atoms with Crippen molar-refractivity contribution in [3.63, 3.8) is 0 Å². The molecule has 4 rings (SSSR count). The third-order valence-corrected chi connectivity index (χ3v) is 5.48. The van der Waals surface area contributed by atoms with Gasteiger partial charge < -0.3 is 14.5 Å². The predicted octanol–water partition coefficient (Wildman–Crippen LogP) is 7.11. The number of para-hydroxylation sites is 1. The summed E-state index contributed by atoms with van der Waals surface area (Å²) in [7, 11) is 1.61. The van der Waals surface area contributed by atoms with Crippen molar-refractivity contribution in [3.05, 3.63) is 89.2 Å². The predicted molar refractivity (Wildman–Crippen MR) is 127 cm³/mol. The Labute approximate surface area is 186 Å². The monoisotopic (exact) mass is 431 g/mol. The zero-order chi connectivity index (χ0) is 22.0.